The molecule has 2 aromatic carbocycles. The molecule has 0 fully saturated rings. The number of halogens is 1. The number of aryl methyl sites for hydroxylation is 1. The highest BCUT2D eigenvalue weighted by Crippen LogP contribution is 2.39. The second-order valence-corrected chi connectivity index (χ2v) is 8.81. The van der Waals surface area contributed by atoms with Crippen molar-refractivity contribution in [2.75, 3.05) is 26.9 Å². The van der Waals surface area contributed by atoms with E-state index in [1.165, 1.54) is 0 Å². The van der Waals surface area contributed by atoms with Gasteiger partial charge in [-0.3, -0.25) is 9.48 Å². The number of rotatable bonds is 12. The molecule has 1 amide bonds. The van der Waals surface area contributed by atoms with Crippen molar-refractivity contribution in [1.82, 2.24) is 15.2 Å². The minimum Gasteiger partial charge on any atom is -0.496 e. The second kappa shape index (κ2) is 13.1. The number of nitrogens with zero attached hydrogens (tertiary/aromatic N) is 3. The lowest BCUT2D eigenvalue weighted by molar-refractivity contribution is 0.0954. The van der Waals surface area contributed by atoms with Crippen LogP contribution in [0.1, 0.15) is 53.6 Å². The minimum atomic E-state index is -0.401. The number of carbonyl (C=O) groups is 1. The third kappa shape index (κ3) is 6.82. The molecule has 0 bridgehead atoms. The van der Waals surface area contributed by atoms with E-state index in [4.69, 9.17) is 18.9 Å². The number of benzene rings is 2. The van der Waals surface area contributed by atoms with Gasteiger partial charge in [0.15, 0.2) is 11.5 Å². The molecular formula is C27H33BrN4O5. The van der Waals surface area contributed by atoms with E-state index in [9.17, 15) is 4.79 Å². The molecular weight excluding hydrogens is 540 g/mol. The summed E-state index contributed by atoms with van der Waals surface area (Å²) in [6.45, 7) is 11.4. The van der Waals surface area contributed by atoms with Crippen molar-refractivity contribution in [3.8, 4) is 23.0 Å². The predicted octanol–water partition coefficient (Wildman–Crippen LogP) is 5.28. The van der Waals surface area contributed by atoms with Gasteiger partial charge in [-0.2, -0.15) is 10.2 Å². The van der Waals surface area contributed by atoms with Crippen LogP contribution in [-0.4, -0.2) is 48.8 Å². The molecule has 37 heavy (non-hydrogen) atoms. The van der Waals surface area contributed by atoms with Crippen molar-refractivity contribution >= 4 is 28.1 Å². The van der Waals surface area contributed by atoms with Crippen LogP contribution < -0.4 is 24.4 Å². The predicted molar refractivity (Wildman–Crippen MR) is 147 cm³/mol. The van der Waals surface area contributed by atoms with Crippen molar-refractivity contribution in [3.05, 3.63) is 62.9 Å². The van der Waals surface area contributed by atoms with Crippen LogP contribution in [0, 0.1) is 13.8 Å². The van der Waals surface area contributed by atoms with Crippen LogP contribution in [0.25, 0.3) is 0 Å². The normalized spacial score (nSPS) is 11.0. The number of ether oxygens (including phenoxy) is 4. The van der Waals surface area contributed by atoms with Gasteiger partial charge in [-0.25, -0.2) is 5.43 Å². The number of amides is 1. The van der Waals surface area contributed by atoms with Gasteiger partial charge in [-0.1, -0.05) is 0 Å². The lowest BCUT2D eigenvalue weighted by Gasteiger charge is -2.16. The third-order valence-corrected chi connectivity index (χ3v) is 6.62. The lowest BCUT2D eigenvalue weighted by atomic mass is 10.1. The van der Waals surface area contributed by atoms with Crippen LogP contribution >= 0.6 is 15.9 Å². The largest absolute Gasteiger partial charge is 0.496 e. The van der Waals surface area contributed by atoms with E-state index in [1.807, 2.05) is 57.5 Å². The van der Waals surface area contributed by atoms with Crippen LogP contribution in [-0.2, 0) is 6.54 Å². The molecule has 0 unspecified atom stereocenters. The Morgan fingerprint density at radius 3 is 2.22 bits per heavy atom. The maximum Gasteiger partial charge on any atom is 0.271 e. The Bertz CT molecular complexity index is 1240. The average molecular weight is 573 g/mol. The maximum absolute atomic E-state index is 12.9. The first-order valence-electron chi connectivity index (χ1n) is 12.1. The highest BCUT2D eigenvalue weighted by molar-refractivity contribution is 9.10. The summed E-state index contributed by atoms with van der Waals surface area (Å²) < 4.78 is 25.5. The third-order valence-electron chi connectivity index (χ3n) is 5.47. The lowest BCUT2D eigenvalue weighted by Crippen LogP contribution is -2.18. The Kier molecular flexibility index (Phi) is 9.96. The van der Waals surface area contributed by atoms with Crippen molar-refractivity contribution in [3.63, 3.8) is 0 Å². The average Bonchev–Trinajstić information content (AvgIpc) is 3.12. The zero-order valence-corrected chi connectivity index (χ0v) is 23.6. The Balaban J connectivity index is 1.80. The molecule has 3 rings (SSSR count). The molecule has 10 heteroatoms. The van der Waals surface area contributed by atoms with E-state index in [0.717, 1.165) is 32.7 Å². The van der Waals surface area contributed by atoms with Crippen molar-refractivity contribution in [1.29, 1.82) is 0 Å². The van der Waals surface area contributed by atoms with Gasteiger partial charge in [0.2, 0.25) is 5.75 Å². The Labute approximate surface area is 225 Å². The first-order chi connectivity index (χ1) is 17.8. The molecule has 0 aliphatic carbocycles. The van der Waals surface area contributed by atoms with E-state index < -0.39 is 5.91 Å². The van der Waals surface area contributed by atoms with Gasteiger partial charge in [0.05, 0.1) is 55.6 Å². The molecule has 1 aromatic heterocycles. The van der Waals surface area contributed by atoms with Crippen LogP contribution in [0.2, 0.25) is 0 Å². The molecule has 0 radical (unpaired) electrons. The van der Waals surface area contributed by atoms with Gasteiger partial charge >= 0.3 is 0 Å². The summed E-state index contributed by atoms with van der Waals surface area (Å²) in [6.07, 6.45) is 1.58. The molecule has 0 aliphatic heterocycles. The summed E-state index contributed by atoms with van der Waals surface area (Å²) in [5.41, 5.74) is 6.61. The number of hydrazone groups is 1. The topological polar surface area (TPSA) is 96.2 Å². The van der Waals surface area contributed by atoms with E-state index in [0.29, 0.717) is 49.2 Å². The summed E-state index contributed by atoms with van der Waals surface area (Å²) >= 11 is 3.57. The monoisotopic (exact) mass is 572 g/mol. The summed E-state index contributed by atoms with van der Waals surface area (Å²) in [5.74, 6) is 1.71. The molecule has 0 atom stereocenters. The zero-order valence-electron chi connectivity index (χ0n) is 22.1. The smallest absolute Gasteiger partial charge is 0.271 e. The van der Waals surface area contributed by atoms with Gasteiger partial charge in [-0.05, 0) is 86.4 Å². The van der Waals surface area contributed by atoms with Gasteiger partial charge in [0.25, 0.3) is 5.91 Å². The van der Waals surface area contributed by atoms with Gasteiger partial charge in [0, 0.05) is 11.1 Å². The molecule has 0 spiro atoms. The Morgan fingerprint density at radius 1 is 1.03 bits per heavy atom. The molecule has 1 heterocycles. The van der Waals surface area contributed by atoms with Crippen molar-refractivity contribution in [2.24, 2.45) is 5.10 Å². The summed E-state index contributed by atoms with van der Waals surface area (Å²) in [4.78, 5) is 12.9. The fraction of sp³-hybridized carbons (Fsp3) is 0.370. The molecule has 3 aromatic rings. The molecule has 198 valence electrons. The van der Waals surface area contributed by atoms with Gasteiger partial charge in [-0.15, -0.1) is 0 Å². The van der Waals surface area contributed by atoms with Crippen LogP contribution in [0.3, 0.4) is 0 Å². The molecule has 0 saturated carbocycles. The number of hydrogen-bond donors (Lipinski definition) is 1. The van der Waals surface area contributed by atoms with E-state index in [-0.39, 0.29) is 0 Å². The van der Waals surface area contributed by atoms with Crippen LogP contribution in [0.5, 0.6) is 23.0 Å². The SMILES string of the molecule is CCOc1cc(C(=O)N/N=C/c2ccc(OC)c(Cn3nc(C)c(Br)c3C)c2)cc(OCC)c1OCC. The summed E-state index contributed by atoms with van der Waals surface area (Å²) in [6, 6.07) is 8.94. The van der Waals surface area contributed by atoms with Gasteiger partial charge < -0.3 is 18.9 Å². The number of carbonyl (C=O) groups excluding carboxylic acids is 1. The maximum atomic E-state index is 12.9. The quantitative estimate of drug-likeness (QED) is 0.234. The van der Waals surface area contributed by atoms with Crippen LogP contribution in [0.15, 0.2) is 39.9 Å². The van der Waals surface area contributed by atoms with Crippen molar-refractivity contribution in [2.45, 2.75) is 41.2 Å². The van der Waals surface area contributed by atoms with Crippen molar-refractivity contribution < 1.29 is 23.7 Å². The molecule has 9 nitrogen and oxygen atoms in total. The fourth-order valence-corrected chi connectivity index (χ4v) is 4.03. The Morgan fingerprint density at radius 2 is 1.68 bits per heavy atom. The van der Waals surface area contributed by atoms with Crippen LogP contribution in [0.4, 0.5) is 0 Å². The van der Waals surface area contributed by atoms with E-state index in [1.54, 1.807) is 25.5 Å². The van der Waals surface area contributed by atoms with Gasteiger partial charge in [0.1, 0.15) is 5.75 Å². The first-order valence-corrected chi connectivity index (χ1v) is 12.9. The number of hydrogen-bond acceptors (Lipinski definition) is 7. The Hall–Kier alpha value is -3.53. The number of methoxy groups -OCH3 is 1. The first kappa shape index (κ1) is 28.0. The van der Waals surface area contributed by atoms with E-state index >= 15 is 0 Å². The standard InChI is InChI=1S/C27H33BrN4O5/c1-7-35-23-13-20(14-24(36-8-2)26(23)37-9-3)27(33)30-29-15-19-10-11-22(34-6)21(12-19)16-32-18(5)25(28)17(4)31-32/h10-15H,7-9,16H2,1-6H3,(H,30,33)/b29-15+. The molecule has 0 saturated heterocycles. The second-order valence-electron chi connectivity index (χ2n) is 8.01. The fourth-order valence-electron chi connectivity index (χ4n) is 3.74. The zero-order chi connectivity index (χ0) is 26.9. The number of aromatic nitrogens is 2. The molecule has 1 N–H and O–H groups in total. The minimum absolute atomic E-state index is 0.345. The highest BCUT2D eigenvalue weighted by Gasteiger charge is 2.18. The highest BCUT2D eigenvalue weighted by atomic mass is 79.9. The van der Waals surface area contributed by atoms with E-state index in [2.05, 4.69) is 31.6 Å². The summed E-state index contributed by atoms with van der Waals surface area (Å²) in [7, 11) is 1.63. The molecule has 0 aliphatic rings. The number of nitrogens with one attached hydrogen (secondary N) is 1. The summed E-state index contributed by atoms with van der Waals surface area (Å²) in [5, 5.41) is 8.74.